The number of ketones is 1. The van der Waals surface area contributed by atoms with Crippen LogP contribution in [0.15, 0.2) is 53.7 Å². The highest BCUT2D eigenvalue weighted by atomic mass is 32.2. The second-order valence-electron chi connectivity index (χ2n) is 10.5. The highest BCUT2D eigenvalue weighted by Crippen LogP contribution is 2.60. The standard InChI is InChI=1S/C27H27N3O3S/c31-24(27-12-17-8-18(13-27)10-19(9-17)14-27)15-34-26-29-28-25(30(26)21-4-2-1-3-5-21)20-6-7-22-23(11-20)33-16-32-22/h1-7,11,17-19H,8-10,12-16H2. The van der Waals surface area contributed by atoms with Crippen molar-refractivity contribution in [2.45, 2.75) is 43.7 Å². The maximum Gasteiger partial charge on any atom is 0.231 e. The molecule has 3 aromatic rings. The molecule has 0 N–H and O–H groups in total. The van der Waals surface area contributed by atoms with Crippen LogP contribution < -0.4 is 9.47 Å². The molecule has 4 saturated carbocycles. The van der Waals surface area contributed by atoms with Gasteiger partial charge in [0, 0.05) is 16.7 Å². The number of carbonyl (C=O) groups is 1. The van der Waals surface area contributed by atoms with Crippen LogP contribution in [0.2, 0.25) is 0 Å². The van der Waals surface area contributed by atoms with Crippen LogP contribution in [-0.2, 0) is 4.79 Å². The van der Waals surface area contributed by atoms with Crippen molar-refractivity contribution < 1.29 is 14.3 Å². The SMILES string of the molecule is O=C(CSc1nnc(-c2ccc3c(c2)OCO3)n1-c1ccccc1)C12CC3CC(CC(C3)C1)C2. The monoisotopic (exact) mass is 473 g/mol. The summed E-state index contributed by atoms with van der Waals surface area (Å²) in [4.78, 5) is 13.6. The van der Waals surface area contributed by atoms with Gasteiger partial charge in [0.15, 0.2) is 22.5 Å². The van der Waals surface area contributed by atoms with Gasteiger partial charge in [0.1, 0.15) is 5.78 Å². The predicted octanol–water partition coefficient (Wildman–Crippen LogP) is 5.54. The Morgan fingerprint density at radius 1 is 0.941 bits per heavy atom. The summed E-state index contributed by atoms with van der Waals surface area (Å²) in [6.07, 6.45) is 7.35. The van der Waals surface area contributed by atoms with Crippen LogP contribution in [0.3, 0.4) is 0 Å². The normalized spacial score (nSPS) is 28.4. The minimum atomic E-state index is -0.0838. The van der Waals surface area contributed by atoms with E-state index in [4.69, 9.17) is 9.47 Å². The second-order valence-corrected chi connectivity index (χ2v) is 11.4. The molecule has 1 aromatic heterocycles. The average molecular weight is 474 g/mol. The molecule has 0 spiro atoms. The molecule has 0 saturated heterocycles. The van der Waals surface area contributed by atoms with Crippen molar-refractivity contribution in [1.29, 1.82) is 0 Å². The summed E-state index contributed by atoms with van der Waals surface area (Å²) in [5.41, 5.74) is 1.80. The molecule has 0 unspecified atom stereocenters. The summed E-state index contributed by atoms with van der Waals surface area (Å²) < 4.78 is 13.1. The summed E-state index contributed by atoms with van der Waals surface area (Å²) in [6.45, 7) is 0.234. The number of ether oxygens (including phenoxy) is 2. The van der Waals surface area contributed by atoms with Gasteiger partial charge in [0.25, 0.3) is 0 Å². The van der Waals surface area contributed by atoms with Crippen LogP contribution in [-0.4, -0.2) is 33.1 Å². The second kappa shape index (κ2) is 7.87. The van der Waals surface area contributed by atoms with E-state index in [2.05, 4.69) is 14.8 Å². The lowest BCUT2D eigenvalue weighted by Crippen LogP contribution is -2.50. The molecule has 1 aliphatic heterocycles. The summed E-state index contributed by atoms with van der Waals surface area (Å²) in [7, 11) is 0. The van der Waals surface area contributed by atoms with Crippen molar-refractivity contribution in [3.05, 3.63) is 48.5 Å². The van der Waals surface area contributed by atoms with E-state index in [-0.39, 0.29) is 12.2 Å². The van der Waals surface area contributed by atoms with Gasteiger partial charge >= 0.3 is 0 Å². The van der Waals surface area contributed by atoms with E-state index in [0.29, 0.717) is 17.3 Å². The molecule has 2 heterocycles. The molecule has 8 rings (SSSR count). The molecule has 0 radical (unpaired) electrons. The molecular weight excluding hydrogens is 446 g/mol. The lowest BCUT2D eigenvalue weighted by Gasteiger charge is -2.56. The Balaban J connectivity index is 1.19. The predicted molar refractivity (Wildman–Crippen MR) is 129 cm³/mol. The van der Waals surface area contributed by atoms with Crippen molar-refractivity contribution in [3.8, 4) is 28.6 Å². The summed E-state index contributed by atoms with van der Waals surface area (Å²) in [5.74, 6) is 5.37. The number of thioether (sulfide) groups is 1. The van der Waals surface area contributed by atoms with E-state index in [1.807, 2.05) is 48.5 Å². The molecule has 6 nitrogen and oxygen atoms in total. The molecular formula is C27H27N3O3S. The van der Waals surface area contributed by atoms with Gasteiger partial charge in [0.2, 0.25) is 6.79 Å². The Bertz CT molecular complexity index is 1220. The number of Topliss-reactive ketones (excluding diaryl/α,β-unsaturated/α-hetero) is 1. The van der Waals surface area contributed by atoms with E-state index < -0.39 is 0 Å². The van der Waals surface area contributed by atoms with Gasteiger partial charge in [-0.05, 0) is 86.6 Å². The highest BCUT2D eigenvalue weighted by Gasteiger charge is 2.54. The van der Waals surface area contributed by atoms with E-state index in [1.54, 1.807) is 0 Å². The number of nitrogens with zero attached hydrogens (tertiary/aromatic N) is 3. The van der Waals surface area contributed by atoms with Crippen LogP contribution >= 0.6 is 11.8 Å². The maximum atomic E-state index is 13.6. The number of hydrogen-bond acceptors (Lipinski definition) is 6. The third kappa shape index (κ3) is 3.35. The maximum absolute atomic E-state index is 13.6. The minimum Gasteiger partial charge on any atom is -0.454 e. The fraction of sp³-hybridized carbons (Fsp3) is 0.444. The van der Waals surface area contributed by atoms with E-state index in [1.165, 1.54) is 31.0 Å². The fourth-order valence-corrected chi connectivity index (χ4v) is 8.12. The molecule has 4 bridgehead atoms. The number of hydrogen-bond donors (Lipinski definition) is 0. The van der Waals surface area contributed by atoms with Crippen LogP contribution in [0, 0.1) is 23.2 Å². The van der Waals surface area contributed by atoms with E-state index in [9.17, 15) is 4.79 Å². The number of para-hydroxylation sites is 1. The molecule has 0 amide bonds. The first-order valence-corrected chi connectivity index (χ1v) is 13.2. The van der Waals surface area contributed by atoms with Crippen molar-refractivity contribution in [1.82, 2.24) is 14.8 Å². The third-order valence-electron chi connectivity index (χ3n) is 8.24. The van der Waals surface area contributed by atoms with Gasteiger partial charge in [-0.1, -0.05) is 30.0 Å². The molecule has 0 atom stereocenters. The average Bonchev–Trinajstić information content (AvgIpc) is 3.48. The van der Waals surface area contributed by atoms with Crippen molar-refractivity contribution in [3.63, 3.8) is 0 Å². The Morgan fingerprint density at radius 3 is 2.38 bits per heavy atom. The van der Waals surface area contributed by atoms with Gasteiger partial charge in [-0.15, -0.1) is 10.2 Å². The van der Waals surface area contributed by atoms with Gasteiger partial charge in [-0.2, -0.15) is 0 Å². The summed E-state index contributed by atoms with van der Waals surface area (Å²) in [5, 5.41) is 9.82. The smallest absolute Gasteiger partial charge is 0.231 e. The summed E-state index contributed by atoms with van der Waals surface area (Å²) in [6, 6.07) is 15.9. The minimum absolute atomic E-state index is 0.0838. The number of aromatic nitrogens is 3. The Kier molecular flexibility index (Phi) is 4.76. The Hall–Kier alpha value is -2.80. The molecule has 4 fully saturated rings. The molecule has 2 aromatic carbocycles. The van der Waals surface area contributed by atoms with E-state index in [0.717, 1.165) is 65.0 Å². The van der Waals surface area contributed by atoms with Crippen LogP contribution in [0.25, 0.3) is 17.1 Å². The first-order chi connectivity index (χ1) is 16.7. The van der Waals surface area contributed by atoms with Gasteiger partial charge in [-0.3, -0.25) is 9.36 Å². The zero-order valence-corrected chi connectivity index (χ0v) is 19.8. The van der Waals surface area contributed by atoms with Gasteiger partial charge in [-0.25, -0.2) is 0 Å². The summed E-state index contributed by atoms with van der Waals surface area (Å²) >= 11 is 1.52. The highest BCUT2D eigenvalue weighted by molar-refractivity contribution is 7.99. The van der Waals surface area contributed by atoms with Gasteiger partial charge in [0.05, 0.1) is 5.75 Å². The van der Waals surface area contributed by atoms with Crippen molar-refractivity contribution >= 4 is 17.5 Å². The topological polar surface area (TPSA) is 66.2 Å². The molecule has 5 aliphatic rings. The number of carbonyl (C=O) groups excluding carboxylic acids is 1. The molecule has 174 valence electrons. The van der Waals surface area contributed by atoms with Gasteiger partial charge < -0.3 is 9.47 Å². The van der Waals surface area contributed by atoms with Crippen LogP contribution in [0.4, 0.5) is 0 Å². The molecule has 34 heavy (non-hydrogen) atoms. The number of rotatable bonds is 6. The Labute approximate surface area is 203 Å². The largest absolute Gasteiger partial charge is 0.454 e. The zero-order valence-electron chi connectivity index (χ0n) is 19.0. The quantitative estimate of drug-likeness (QED) is 0.438. The number of fused-ring (bicyclic) bond motifs is 1. The van der Waals surface area contributed by atoms with Crippen LogP contribution in [0.5, 0.6) is 11.5 Å². The van der Waals surface area contributed by atoms with Crippen molar-refractivity contribution in [2.24, 2.45) is 23.2 Å². The fourth-order valence-electron chi connectivity index (χ4n) is 7.13. The van der Waals surface area contributed by atoms with E-state index >= 15 is 0 Å². The first kappa shape index (κ1) is 20.6. The lowest BCUT2D eigenvalue weighted by atomic mass is 9.48. The Morgan fingerprint density at radius 2 is 1.65 bits per heavy atom. The molecule has 7 heteroatoms. The molecule has 4 aliphatic carbocycles. The first-order valence-electron chi connectivity index (χ1n) is 12.2. The third-order valence-corrected chi connectivity index (χ3v) is 9.17. The van der Waals surface area contributed by atoms with Crippen LogP contribution in [0.1, 0.15) is 38.5 Å². The van der Waals surface area contributed by atoms with Crippen molar-refractivity contribution in [2.75, 3.05) is 12.5 Å². The lowest BCUT2D eigenvalue weighted by molar-refractivity contribution is -0.141. The number of benzene rings is 2. The zero-order chi connectivity index (χ0) is 22.7.